The molecule has 0 spiro atoms. The highest BCUT2D eigenvalue weighted by Crippen LogP contribution is 1.98. The van der Waals surface area contributed by atoms with Crippen LogP contribution >= 0.6 is 0 Å². The first kappa shape index (κ1) is 14.9. The van der Waals surface area contributed by atoms with Crippen LogP contribution in [0.4, 0.5) is 4.79 Å². The highest BCUT2D eigenvalue weighted by molar-refractivity contribution is 5.66. The zero-order valence-electron chi connectivity index (χ0n) is 9.82. The van der Waals surface area contributed by atoms with Crippen LogP contribution < -0.4 is 0 Å². The predicted octanol–water partition coefficient (Wildman–Crippen LogP) is 0.821. The largest absolute Gasteiger partial charge is 0.511 e. The summed E-state index contributed by atoms with van der Waals surface area (Å²) in [6.45, 7) is 1.61. The van der Waals surface area contributed by atoms with Crippen molar-refractivity contribution in [1.82, 2.24) is 5.01 Å². The summed E-state index contributed by atoms with van der Waals surface area (Å²) in [5.74, 6) is -0.935. The molecule has 0 amide bonds. The number of hydrogen-bond donors (Lipinski definition) is 1. The van der Waals surface area contributed by atoms with Gasteiger partial charge in [-0.25, -0.2) is 4.79 Å². The molecule has 1 atom stereocenters. The van der Waals surface area contributed by atoms with Crippen LogP contribution in [-0.4, -0.2) is 49.2 Å². The van der Waals surface area contributed by atoms with Crippen LogP contribution in [0.1, 0.15) is 13.3 Å². The highest BCUT2D eigenvalue weighted by Gasteiger charge is 2.09. The zero-order valence-corrected chi connectivity index (χ0v) is 9.82. The second kappa shape index (κ2) is 8.13. The number of carboxylic acids is 1. The number of methoxy groups -OCH3 is 1. The Kier molecular flexibility index (Phi) is 7.15. The molecule has 0 aromatic carbocycles. The maximum atomic E-state index is 10.6. The molecule has 1 N–H and O–H groups in total. The van der Waals surface area contributed by atoms with Crippen molar-refractivity contribution in [3.8, 4) is 0 Å². The number of carbonyl (C=O) groups excluding carboxylic acids is 1. The zero-order chi connectivity index (χ0) is 13.3. The molecule has 0 aliphatic heterocycles. The number of ether oxygens (including phenoxy) is 2. The van der Waals surface area contributed by atoms with Gasteiger partial charge in [0, 0.05) is 25.8 Å². The summed E-state index contributed by atoms with van der Waals surface area (Å²) in [5, 5.41) is 16.4. The van der Waals surface area contributed by atoms with Crippen molar-refractivity contribution in [2.24, 2.45) is 10.5 Å². The smallest absolute Gasteiger partial charge is 0.481 e. The third-order valence-corrected chi connectivity index (χ3v) is 1.46. The van der Waals surface area contributed by atoms with Gasteiger partial charge in [-0.1, -0.05) is 0 Å². The third-order valence-electron chi connectivity index (χ3n) is 1.46. The number of carbonyl (C=O) groups is 2. The fraction of sp³-hybridized carbons (Fsp3) is 0.750. The summed E-state index contributed by atoms with van der Waals surface area (Å²) in [6, 6.07) is 0. The van der Waals surface area contributed by atoms with Crippen molar-refractivity contribution in [2.75, 3.05) is 20.7 Å². The minimum absolute atomic E-state index is 0.0657. The van der Waals surface area contributed by atoms with Crippen molar-refractivity contribution in [2.45, 2.75) is 19.6 Å². The number of hydrogen-bond acceptors (Lipinski definition) is 7. The van der Waals surface area contributed by atoms with E-state index in [1.54, 1.807) is 0 Å². The van der Waals surface area contributed by atoms with Gasteiger partial charge in [-0.2, -0.15) is 0 Å². The van der Waals surface area contributed by atoms with E-state index in [1.165, 1.54) is 19.0 Å². The van der Waals surface area contributed by atoms with E-state index in [-0.39, 0.29) is 13.0 Å². The van der Waals surface area contributed by atoms with Crippen LogP contribution in [0.3, 0.4) is 0 Å². The molecule has 0 aromatic rings. The van der Waals surface area contributed by atoms with Gasteiger partial charge in [0.25, 0.3) is 6.29 Å². The van der Waals surface area contributed by atoms with E-state index >= 15 is 0 Å². The van der Waals surface area contributed by atoms with Crippen molar-refractivity contribution < 1.29 is 29.0 Å². The average Bonchev–Trinajstić information content (AvgIpc) is 2.26. The lowest BCUT2D eigenvalue weighted by molar-refractivity contribution is -0.137. The Balaban J connectivity index is 3.77. The number of carboxylic acid groups (broad SMARTS) is 1. The molecule has 98 valence electrons. The molecule has 0 fully saturated rings. The topological polar surface area (TPSA) is 110 Å². The van der Waals surface area contributed by atoms with E-state index in [2.05, 4.69) is 24.8 Å². The van der Waals surface area contributed by atoms with Crippen LogP contribution in [-0.2, 0) is 19.1 Å². The second-order valence-electron chi connectivity index (χ2n) is 2.94. The van der Waals surface area contributed by atoms with Crippen molar-refractivity contribution in [3.05, 3.63) is 0 Å². The first-order chi connectivity index (χ1) is 7.95. The lowest BCUT2D eigenvalue weighted by Crippen LogP contribution is -2.17. The SMILES string of the molecule is COC(=O)OC(C)ON=NN(C)CCC(=O)O. The van der Waals surface area contributed by atoms with Gasteiger partial charge in [-0.3, -0.25) is 9.80 Å². The van der Waals surface area contributed by atoms with Gasteiger partial charge in [0.15, 0.2) is 0 Å². The molecule has 0 bridgehead atoms. The maximum Gasteiger partial charge on any atom is 0.511 e. The van der Waals surface area contributed by atoms with Gasteiger partial charge in [-0.05, 0) is 5.22 Å². The van der Waals surface area contributed by atoms with Crippen LogP contribution in [0.15, 0.2) is 10.5 Å². The summed E-state index contributed by atoms with van der Waals surface area (Å²) >= 11 is 0. The molecule has 0 rings (SSSR count). The Morgan fingerprint density at radius 2 is 2.12 bits per heavy atom. The molecule has 0 radical (unpaired) electrons. The number of rotatable bonds is 7. The lowest BCUT2D eigenvalue weighted by Gasteiger charge is -2.11. The van der Waals surface area contributed by atoms with Crippen molar-refractivity contribution in [1.29, 1.82) is 0 Å². The first-order valence-electron chi connectivity index (χ1n) is 4.70. The summed E-state index contributed by atoms with van der Waals surface area (Å²) in [6.07, 6.45) is -1.91. The van der Waals surface area contributed by atoms with E-state index in [9.17, 15) is 9.59 Å². The summed E-state index contributed by atoms with van der Waals surface area (Å²) < 4.78 is 8.75. The molecule has 0 aromatic heterocycles. The number of aliphatic carboxylic acids is 1. The summed E-state index contributed by atoms with van der Waals surface area (Å²) in [5.41, 5.74) is 0. The highest BCUT2D eigenvalue weighted by atomic mass is 16.8. The van der Waals surface area contributed by atoms with E-state index in [0.717, 1.165) is 7.11 Å². The standard InChI is InChI=1S/C8H15N3O6/c1-6(16-8(14)15-3)17-10-9-11(2)5-4-7(12)13/h6H,4-5H2,1-3H3,(H,12,13). The molecule has 0 heterocycles. The van der Waals surface area contributed by atoms with E-state index in [0.29, 0.717) is 0 Å². The Labute approximate surface area is 97.9 Å². The van der Waals surface area contributed by atoms with E-state index < -0.39 is 18.4 Å². The van der Waals surface area contributed by atoms with E-state index in [4.69, 9.17) is 5.11 Å². The first-order valence-corrected chi connectivity index (χ1v) is 4.70. The van der Waals surface area contributed by atoms with Gasteiger partial charge in [0.2, 0.25) is 0 Å². The maximum absolute atomic E-state index is 10.6. The molecule has 1 unspecified atom stereocenters. The minimum Gasteiger partial charge on any atom is -0.481 e. The van der Waals surface area contributed by atoms with Gasteiger partial charge >= 0.3 is 12.1 Å². The number of nitrogens with zero attached hydrogens (tertiary/aromatic N) is 3. The van der Waals surface area contributed by atoms with Crippen LogP contribution in [0.25, 0.3) is 0 Å². The monoisotopic (exact) mass is 249 g/mol. The third kappa shape index (κ3) is 8.90. The van der Waals surface area contributed by atoms with Crippen LogP contribution in [0.5, 0.6) is 0 Å². The predicted molar refractivity (Wildman–Crippen MR) is 53.8 cm³/mol. The van der Waals surface area contributed by atoms with Gasteiger partial charge < -0.3 is 19.4 Å². The Hall–Kier alpha value is -2.06. The minimum atomic E-state index is -0.945. The van der Waals surface area contributed by atoms with Gasteiger partial charge in [0.05, 0.1) is 13.5 Å². The second-order valence-corrected chi connectivity index (χ2v) is 2.94. The van der Waals surface area contributed by atoms with Crippen LogP contribution in [0, 0.1) is 0 Å². The summed E-state index contributed by atoms with van der Waals surface area (Å²) in [4.78, 5) is 25.5. The van der Waals surface area contributed by atoms with Gasteiger partial charge in [0.1, 0.15) is 0 Å². The summed E-state index contributed by atoms with van der Waals surface area (Å²) in [7, 11) is 2.69. The normalized spacial score (nSPS) is 11.9. The molecule has 9 nitrogen and oxygen atoms in total. The van der Waals surface area contributed by atoms with Crippen molar-refractivity contribution in [3.63, 3.8) is 0 Å². The Bertz CT molecular complexity index is 282. The molecular weight excluding hydrogens is 234 g/mol. The van der Waals surface area contributed by atoms with Gasteiger partial charge in [-0.15, -0.1) is 0 Å². The fourth-order valence-electron chi connectivity index (χ4n) is 0.657. The van der Waals surface area contributed by atoms with E-state index in [1.807, 2.05) is 0 Å². The average molecular weight is 249 g/mol. The fourth-order valence-corrected chi connectivity index (χ4v) is 0.657. The molecule has 0 aliphatic rings. The molecule has 9 heteroatoms. The molecule has 0 saturated heterocycles. The quantitative estimate of drug-likeness (QED) is 0.308. The molecule has 0 saturated carbocycles. The van der Waals surface area contributed by atoms with Crippen molar-refractivity contribution >= 4 is 12.1 Å². The Morgan fingerprint density at radius 1 is 1.47 bits per heavy atom. The lowest BCUT2D eigenvalue weighted by atomic mass is 10.4. The molecular formula is C8H15N3O6. The molecule has 17 heavy (non-hydrogen) atoms. The molecule has 0 aliphatic carbocycles. The van der Waals surface area contributed by atoms with Crippen LogP contribution in [0.2, 0.25) is 0 Å². The Morgan fingerprint density at radius 3 is 2.65 bits per heavy atom.